The Bertz CT molecular complexity index is 669. The predicted octanol–water partition coefficient (Wildman–Crippen LogP) is 1.38. The van der Waals surface area contributed by atoms with Gasteiger partial charge in [0.1, 0.15) is 0 Å². The molecule has 0 saturated carbocycles. The lowest BCUT2D eigenvalue weighted by molar-refractivity contribution is -0.0443. The van der Waals surface area contributed by atoms with Crippen LogP contribution in [0.5, 0.6) is 0 Å². The Morgan fingerprint density at radius 1 is 1.25 bits per heavy atom. The van der Waals surface area contributed by atoms with Gasteiger partial charge in [-0.25, -0.2) is 4.72 Å². The Balaban J connectivity index is 1.61. The quantitative estimate of drug-likeness (QED) is 0.869. The van der Waals surface area contributed by atoms with Gasteiger partial charge in [0.05, 0.1) is 12.2 Å². The monoisotopic (exact) mass is 353 g/mol. The highest BCUT2D eigenvalue weighted by molar-refractivity contribution is 7.87. The molecular weight excluding hydrogens is 326 g/mol. The van der Waals surface area contributed by atoms with Gasteiger partial charge >= 0.3 is 0 Å². The number of morpholine rings is 1. The van der Waals surface area contributed by atoms with Gasteiger partial charge in [0.25, 0.3) is 10.2 Å². The standard InChI is InChI=1S/C17H27N3O3S/c1-13(20-9-8-16-6-4-5-7-17(16)20)10-18-24(21,22)19-11-14(2)23-15(3)12-19/h4-7,13-15,18H,8-12H2,1-3H3/t13-,14-,15+/m1/s1. The summed E-state index contributed by atoms with van der Waals surface area (Å²) in [5.74, 6) is 0. The Labute approximate surface area is 145 Å². The van der Waals surface area contributed by atoms with Crippen LogP contribution in [0.3, 0.4) is 0 Å². The van der Waals surface area contributed by atoms with Gasteiger partial charge in [-0.1, -0.05) is 18.2 Å². The molecule has 0 aromatic heterocycles. The summed E-state index contributed by atoms with van der Waals surface area (Å²) < 4.78 is 35.1. The van der Waals surface area contributed by atoms with Gasteiger partial charge in [-0.05, 0) is 38.8 Å². The molecule has 2 aliphatic heterocycles. The molecule has 7 heteroatoms. The summed E-state index contributed by atoms with van der Waals surface area (Å²) in [5.41, 5.74) is 2.56. The van der Waals surface area contributed by atoms with Crippen molar-refractivity contribution in [2.24, 2.45) is 0 Å². The van der Waals surface area contributed by atoms with E-state index in [-0.39, 0.29) is 18.2 Å². The van der Waals surface area contributed by atoms with Gasteiger partial charge in [-0.2, -0.15) is 12.7 Å². The molecule has 1 fully saturated rings. The lowest BCUT2D eigenvalue weighted by Crippen LogP contribution is -2.53. The highest BCUT2D eigenvalue weighted by Crippen LogP contribution is 2.29. The zero-order chi connectivity index (χ0) is 17.3. The van der Waals surface area contributed by atoms with E-state index < -0.39 is 10.2 Å². The van der Waals surface area contributed by atoms with Gasteiger partial charge in [0.2, 0.25) is 0 Å². The zero-order valence-electron chi connectivity index (χ0n) is 14.6. The van der Waals surface area contributed by atoms with Crippen molar-refractivity contribution in [3.8, 4) is 0 Å². The number of hydrogen-bond donors (Lipinski definition) is 1. The summed E-state index contributed by atoms with van der Waals surface area (Å²) in [6, 6.07) is 8.45. The van der Waals surface area contributed by atoms with Gasteiger partial charge in [0.15, 0.2) is 0 Å². The van der Waals surface area contributed by atoms with Crippen LogP contribution in [0.4, 0.5) is 5.69 Å². The number of rotatable bonds is 5. The Hall–Kier alpha value is -1.15. The third kappa shape index (κ3) is 3.74. The zero-order valence-corrected chi connectivity index (χ0v) is 15.4. The highest BCUT2D eigenvalue weighted by atomic mass is 32.2. The Morgan fingerprint density at radius 3 is 2.62 bits per heavy atom. The van der Waals surface area contributed by atoms with Crippen LogP contribution in [0, 0.1) is 0 Å². The summed E-state index contributed by atoms with van der Waals surface area (Å²) in [6.45, 7) is 8.02. The first-order valence-corrected chi connectivity index (χ1v) is 10.1. The number of hydrogen-bond acceptors (Lipinski definition) is 4. The smallest absolute Gasteiger partial charge is 0.279 e. The van der Waals surface area contributed by atoms with Gasteiger partial charge in [-0.15, -0.1) is 0 Å². The summed E-state index contributed by atoms with van der Waals surface area (Å²) in [6.07, 6.45) is 0.868. The maximum Gasteiger partial charge on any atom is 0.279 e. The van der Waals surface area contributed by atoms with Crippen molar-refractivity contribution < 1.29 is 13.2 Å². The van der Waals surface area contributed by atoms with Crippen LogP contribution in [0.15, 0.2) is 24.3 Å². The van der Waals surface area contributed by atoms with Gasteiger partial charge < -0.3 is 9.64 Å². The average molecular weight is 353 g/mol. The van der Waals surface area contributed by atoms with Crippen molar-refractivity contribution in [1.29, 1.82) is 0 Å². The second-order valence-electron chi connectivity index (χ2n) is 6.85. The molecule has 0 radical (unpaired) electrons. The number of benzene rings is 1. The highest BCUT2D eigenvalue weighted by Gasteiger charge is 2.31. The fraction of sp³-hybridized carbons (Fsp3) is 0.647. The Kier molecular flexibility index (Phi) is 5.15. The molecule has 1 saturated heterocycles. The van der Waals surface area contributed by atoms with E-state index in [1.165, 1.54) is 15.6 Å². The topological polar surface area (TPSA) is 61.9 Å². The van der Waals surface area contributed by atoms with Gasteiger partial charge in [-0.3, -0.25) is 0 Å². The normalized spacial score (nSPS) is 26.4. The van der Waals surface area contributed by atoms with Crippen LogP contribution < -0.4 is 9.62 Å². The minimum absolute atomic E-state index is 0.0757. The van der Waals surface area contributed by atoms with Crippen LogP contribution in [-0.4, -0.2) is 57.2 Å². The van der Waals surface area contributed by atoms with Crippen LogP contribution >= 0.6 is 0 Å². The second kappa shape index (κ2) is 7.00. The van der Waals surface area contributed by atoms with E-state index in [0.717, 1.165) is 13.0 Å². The lowest BCUT2D eigenvalue weighted by atomic mass is 10.2. The van der Waals surface area contributed by atoms with Crippen molar-refractivity contribution in [2.45, 2.75) is 45.4 Å². The molecule has 0 amide bonds. The van der Waals surface area contributed by atoms with Crippen molar-refractivity contribution >= 4 is 15.9 Å². The summed E-state index contributed by atoms with van der Waals surface area (Å²) in [7, 11) is -3.47. The fourth-order valence-electron chi connectivity index (χ4n) is 3.58. The van der Waals surface area contributed by atoms with Crippen molar-refractivity contribution in [3.05, 3.63) is 29.8 Å². The maximum atomic E-state index is 12.6. The van der Waals surface area contributed by atoms with Crippen LogP contribution in [0.25, 0.3) is 0 Å². The van der Waals surface area contributed by atoms with E-state index in [1.54, 1.807) is 0 Å². The molecule has 1 aromatic carbocycles. The molecule has 3 rings (SSSR count). The molecular formula is C17H27N3O3S. The molecule has 2 aliphatic rings. The van der Waals surface area contributed by atoms with Crippen LogP contribution in [0.2, 0.25) is 0 Å². The molecule has 3 atom stereocenters. The van der Waals surface area contributed by atoms with E-state index in [4.69, 9.17) is 4.74 Å². The second-order valence-corrected chi connectivity index (χ2v) is 8.60. The average Bonchev–Trinajstić information content (AvgIpc) is 2.96. The number of para-hydroxylation sites is 1. The molecule has 24 heavy (non-hydrogen) atoms. The lowest BCUT2D eigenvalue weighted by Gasteiger charge is -2.35. The van der Waals surface area contributed by atoms with E-state index in [9.17, 15) is 8.42 Å². The summed E-state index contributed by atoms with van der Waals surface area (Å²) in [4.78, 5) is 2.28. The molecule has 0 unspecified atom stereocenters. The molecule has 1 N–H and O–H groups in total. The van der Waals surface area contributed by atoms with Crippen molar-refractivity contribution in [3.63, 3.8) is 0 Å². The molecule has 134 valence electrons. The van der Waals surface area contributed by atoms with E-state index in [0.29, 0.717) is 19.6 Å². The fourth-order valence-corrected chi connectivity index (χ4v) is 5.02. The first kappa shape index (κ1) is 17.7. The first-order chi connectivity index (χ1) is 11.4. The number of fused-ring (bicyclic) bond motifs is 1. The third-order valence-corrected chi connectivity index (χ3v) is 6.25. The van der Waals surface area contributed by atoms with Crippen molar-refractivity contribution in [2.75, 3.05) is 31.1 Å². The van der Waals surface area contributed by atoms with Crippen molar-refractivity contribution in [1.82, 2.24) is 9.03 Å². The van der Waals surface area contributed by atoms with E-state index in [1.807, 2.05) is 19.9 Å². The summed E-state index contributed by atoms with van der Waals surface area (Å²) in [5, 5.41) is 0. The Morgan fingerprint density at radius 2 is 1.92 bits per heavy atom. The molecule has 1 aromatic rings. The SMILES string of the molecule is C[C@@H]1CN(S(=O)(=O)NC[C@@H](C)N2CCc3ccccc32)C[C@H](C)O1. The number of nitrogens with zero attached hydrogens (tertiary/aromatic N) is 2. The number of nitrogens with one attached hydrogen (secondary N) is 1. The molecule has 2 heterocycles. The largest absolute Gasteiger partial charge is 0.373 e. The molecule has 6 nitrogen and oxygen atoms in total. The predicted molar refractivity (Wildman–Crippen MR) is 95.5 cm³/mol. The minimum atomic E-state index is -3.47. The van der Waals surface area contributed by atoms with E-state index in [2.05, 4.69) is 34.7 Å². The third-order valence-electron chi connectivity index (χ3n) is 4.74. The molecule has 0 bridgehead atoms. The summed E-state index contributed by atoms with van der Waals surface area (Å²) >= 11 is 0. The molecule has 0 aliphatic carbocycles. The number of ether oxygens (including phenoxy) is 1. The maximum absolute atomic E-state index is 12.6. The van der Waals surface area contributed by atoms with Gasteiger partial charge in [0, 0.05) is 37.9 Å². The van der Waals surface area contributed by atoms with Crippen LogP contribution in [-0.2, 0) is 21.4 Å². The minimum Gasteiger partial charge on any atom is -0.373 e. The van der Waals surface area contributed by atoms with E-state index >= 15 is 0 Å². The molecule has 0 spiro atoms. The van der Waals surface area contributed by atoms with Crippen LogP contribution in [0.1, 0.15) is 26.3 Å². The number of anilines is 1. The first-order valence-electron chi connectivity index (χ1n) is 8.61.